The van der Waals surface area contributed by atoms with Crippen LogP contribution in [0.25, 0.3) is 10.8 Å². The van der Waals surface area contributed by atoms with Gasteiger partial charge in [0.25, 0.3) is 0 Å². The highest BCUT2D eigenvalue weighted by Gasteiger charge is 2.12. The minimum atomic E-state index is -0.898. The molecule has 5 heteroatoms. The fourth-order valence-corrected chi connectivity index (χ4v) is 4.60. The molecule has 0 aromatic heterocycles. The van der Waals surface area contributed by atoms with E-state index in [9.17, 15) is 4.79 Å². The van der Waals surface area contributed by atoms with Crippen molar-refractivity contribution < 1.29 is 14.6 Å². The minimum absolute atomic E-state index is 0.218. The standard InChI is InChI=1S/C31H34N2O3/c1-36-29-16-15-25-19-23(11-14-26(25)21-29)5-2-3-8-30(27-6-4-7-28(32)20-27)33-18-17-22-9-12-24(13-10-22)31(34)35/h4,6-7,9-16,19-21,30,33H,2-3,5,8,17-18,32H2,1H3,(H,34,35). The van der Waals surface area contributed by atoms with Crippen molar-refractivity contribution >= 4 is 22.4 Å². The summed E-state index contributed by atoms with van der Waals surface area (Å²) in [5, 5.41) is 15.2. The lowest BCUT2D eigenvalue weighted by molar-refractivity contribution is 0.0697. The Morgan fingerprint density at radius 2 is 1.64 bits per heavy atom. The molecule has 0 radical (unpaired) electrons. The first kappa shape index (κ1) is 25.3. The second kappa shape index (κ2) is 12.2. The van der Waals surface area contributed by atoms with Gasteiger partial charge in [0.05, 0.1) is 12.7 Å². The van der Waals surface area contributed by atoms with Crippen LogP contribution in [-0.2, 0) is 12.8 Å². The second-order valence-corrected chi connectivity index (χ2v) is 9.22. The summed E-state index contributed by atoms with van der Waals surface area (Å²) < 4.78 is 5.33. The Balaban J connectivity index is 1.32. The number of carboxylic acid groups (broad SMARTS) is 1. The molecule has 1 atom stereocenters. The number of anilines is 1. The number of nitrogens with one attached hydrogen (secondary N) is 1. The minimum Gasteiger partial charge on any atom is -0.497 e. The van der Waals surface area contributed by atoms with E-state index in [-0.39, 0.29) is 6.04 Å². The van der Waals surface area contributed by atoms with E-state index < -0.39 is 5.97 Å². The Labute approximate surface area is 212 Å². The Kier molecular flexibility index (Phi) is 8.58. The van der Waals surface area contributed by atoms with E-state index in [4.69, 9.17) is 15.6 Å². The molecule has 4 N–H and O–H groups in total. The first-order valence-corrected chi connectivity index (χ1v) is 12.5. The normalized spacial score (nSPS) is 11.9. The number of carboxylic acids is 1. The van der Waals surface area contributed by atoms with Gasteiger partial charge in [-0.05, 0) is 96.1 Å². The molecule has 5 nitrogen and oxygen atoms in total. The molecule has 0 saturated carbocycles. The molecular weight excluding hydrogens is 448 g/mol. The maximum absolute atomic E-state index is 11.1. The highest BCUT2D eigenvalue weighted by molar-refractivity contribution is 5.87. The lowest BCUT2D eigenvalue weighted by Gasteiger charge is -2.20. The van der Waals surface area contributed by atoms with E-state index in [1.54, 1.807) is 19.2 Å². The number of nitrogen functional groups attached to an aromatic ring is 1. The smallest absolute Gasteiger partial charge is 0.335 e. The highest BCUT2D eigenvalue weighted by atomic mass is 16.5. The van der Waals surface area contributed by atoms with E-state index in [1.165, 1.54) is 21.9 Å². The van der Waals surface area contributed by atoms with Crippen molar-refractivity contribution in [1.82, 2.24) is 5.32 Å². The van der Waals surface area contributed by atoms with Gasteiger partial charge < -0.3 is 20.9 Å². The summed E-state index contributed by atoms with van der Waals surface area (Å²) in [6.45, 7) is 0.806. The molecule has 0 aliphatic rings. The van der Waals surface area contributed by atoms with Gasteiger partial charge in [0.15, 0.2) is 0 Å². The molecule has 4 aromatic carbocycles. The van der Waals surface area contributed by atoms with E-state index in [0.717, 1.165) is 55.6 Å². The zero-order valence-electron chi connectivity index (χ0n) is 20.7. The van der Waals surface area contributed by atoms with Crippen molar-refractivity contribution in [1.29, 1.82) is 0 Å². The van der Waals surface area contributed by atoms with Crippen LogP contribution in [0.4, 0.5) is 5.69 Å². The van der Waals surface area contributed by atoms with Gasteiger partial charge in [-0.3, -0.25) is 0 Å². The molecule has 0 aliphatic carbocycles. The van der Waals surface area contributed by atoms with Crippen LogP contribution >= 0.6 is 0 Å². The lowest BCUT2D eigenvalue weighted by atomic mass is 9.97. The molecule has 0 amide bonds. The molecule has 0 bridgehead atoms. The number of fused-ring (bicyclic) bond motifs is 1. The van der Waals surface area contributed by atoms with E-state index in [0.29, 0.717) is 5.56 Å². The first-order chi connectivity index (χ1) is 17.5. The molecule has 0 aliphatic heterocycles. The van der Waals surface area contributed by atoms with Crippen LogP contribution in [-0.4, -0.2) is 24.7 Å². The zero-order valence-corrected chi connectivity index (χ0v) is 20.7. The van der Waals surface area contributed by atoms with Crippen LogP contribution in [0, 0.1) is 0 Å². The van der Waals surface area contributed by atoms with Gasteiger partial charge in [-0.15, -0.1) is 0 Å². The number of aryl methyl sites for hydroxylation is 1. The summed E-state index contributed by atoms with van der Waals surface area (Å²) in [4.78, 5) is 11.1. The number of hydrogen-bond donors (Lipinski definition) is 3. The van der Waals surface area contributed by atoms with Gasteiger partial charge in [0.2, 0.25) is 0 Å². The molecule has 36 heavy (non-hydrogen) atoms. The first-order valence-electron chi connectivity index (χ1n) is 12.5. The number of carbonyl (C=O) groups is 1. The number of benzene rings is 4. The zero-order chi connectivity index (χ0) is 25.3. The maximum Gasteiger partial charge on any atom is 0.335 e. The monoisotopic (exact) mass is 482 g/mol. The van der Waals surface area contributed by atoms with Crippen LogP contribution in [0.2, 0.25) is 0 Å². The van der Waals surface area contributed by atoms with Gasteiger partial charge >= 0.3 is 5.97 Å². The fourth-order valence-electron chi connectivity index (χ4n) is 4.60. The summed E-state index contributed by atoms with van der Waals surface area (Å²) in [7, 11) is 1.69. The van der Waals surface area contributed by atoms with Crippen molar-refractivity contribution in [3.05, 3.63) is 107 Å². The topological polar surface area (TPSA) is 84.6 Å². The number of nitrogens with two attached hydrogens (primary N) is 1. The second-order valence-electron chi connectivity index (χ2n) is 9.22. The predicted octanol–water partition coefficient (Wildman–Crippen LogP) is 6.42. The Morgan fingerprint density at radius 3 is 2.39 bits per heavy atom. The van der Waals surface area contributed by atoms with Crippen LogP contribution in [0.15, 0.2) is 84.9 Å². The van der Waals surface area contributed by atoms with Gasteiger partial charge in [-0.1, -0.05) is 55.0 Å². The SMILES string of the molecule is COc1ccc2cc(CCCCC(NCCc3ccc(C(=O)O)cc3)c3cccc(N)c3)ccc2c1. The molecule has 0 saturated heterocycles. The largest absolute Gasteiger partial charge is 0.497 e. The van der Waals surface area contributed by atoms with Crippen molar-refractivity contribution in [2.24, 2.45) is 0 Å². The van der Waals surface area contributed by atoms with E-state index >= 15 is 0 Å². The van der Waals surface area contributed by atoms with Crippen LogP contribution in [0.1, 0.15) is 52.4 Å². The van der Waals surface area contributed by atoms with Crippen LogP contribution < -0.4 is 15.8 Å². The Bertz CT molecular complexity index is 1300. The summed E-state index contributed by atoms with van der Waals surface area (Å²) in [5.74, 6) is -0.0158. The van der Waals surface area contributed by atoms with Crippen LogP contribution in [0.3, 0.4) is 0 Å². The van der Waals surface area contributed by atoms with Crippen LogP contribution in [0.5, 0.6) is 5.75 Å². The lowest BCUT2D eigenvalue weighted by Crippen LogP contribution is -2.24. The van der Waals surface area contributed by atoms with Gasteiger partial charge in [-0.25, -0.2) is 4.79 Å². The average molecular weight is 483 g/mol. The third kappa shape index (κ3) is 6.86. The number of hydrogen-bond acceptors (Lipinski definition) is 4. The number of methoxy groups -OCH3 is 1. The summed E-state index contributed by atoms with van der Waals surface area (Å²) in [5.41, 5.74) is 10.8. The molecule has 4 rings (SSSR count). The number of rotatable bonds is 12. The Hall–Kier alpha value is -3.83. The fraction of sp³-hybridized carbons (Fsp3) is 0.258. The average Bonchev–Trinajstić information content (AvgIpc) is 2.90. The molecule has 0 heterocycles. The molecule has 1 unspecified atom stereocenters. The number of ether oxygens (including phenoxy) is 1. The summed E-state index contributed by atoms with van der Waals surface area (Å²) >= 11 is 0. The van der Waals surface area contributed by atoms with E-state index in [2.05, 4.69) is 47.8 Å². The summed E-state index contributed by atoms with van der Waals surface area (Å²) in [6.07, 6.45) is 5.10. The molecule has 186 valence electrons. The molecule has 0 spiro atoms. The third-order valence-electron chi connectivity index (χ3n) is 6.64. The maximum atomic E-state index is 11.1. The predicted molar refractivity (Wildman–Crippen MR) is 147 cm³/mol. The van der Waals surface area contributed by atoms with Gasteiger partial charge in [-0.2, -0.15) is 0 Å². The third-order valence-corrected chi connectivity index (χ3v) is 6.64. The van der Waals surface area contributed by atoms with Crippen molar-refractivity contribution in [3.63, 3.8) is 0 Å². The molecule has 4 aromatic rings. The molecule has 0 fully saturated rings. The highest BCUT2D eigenvalue weighted by Crippen LogP contribution is 2.25. The van der Waals surface area contributed by atoms with Crippen molar-refractivity contribution in [3.8, 4) is 5.75 Å². The summed E-state index contributed by atoms with van der Waals surface area (Å²) in [6, 6.07) is 28.3. The Morgan fingerprint density at radius 1 is 0.889 bits per heavy atom. The van der Waals surface area contributed by atoms with E-state index in [1.807, 2.05) is 30.3 Å². The van der Waals surface area contributed by atoms with Gasteiger partial charge in [0.1, 0.15) is 5.75 Å². The van der Waals surface area contributed by atoms with Gasteiger partial charge in [0, 0.05) is 11.7 Å². The van der Waals surface area contributed by atoms with Crippen molar-refractivity contribution in [2.45, 2.75) is 38.1 Å². The number of aromatic carboxylic acids is 1. The number of unbranched alkanes of at least 4 members (excludes halogenated alkanes) is 1. The quantitative estimate of drug-likeness (QED) is 0.160. The van der Waals surface area contributed by atoms with Crippen molar-refractivity contribution in [2.75, 3.05) is 19.4 Å². The molecular formula is C31H34N2O3.